The predicted octanol–water partition coefficient (Wildman–Crippen LogP) is 3.23. The van der Waals surface area contributed by atoms with Crippen LogP contribution in [0.15, 0.2) is 24.3 Å². The minimum Gasteiger partial charge on any atom is -0.309 e. The quantitative estimate of drug-likeness (QED) is 0.753. The van der Waals surface area contributed by atoms with E-state index < -0.39 is 0 Å². The van der Waals surface area contributed by atoms with Crippen molar-refractivity contribution in [1.82, 2.24) is 5.32 Å². The second kappa shape index (κ2) is 4.14. The second-order valence-electron chi connectivity index (χ2n) is 4.28. The monoisotopic (exact) mass is 189 g/mol. The Morgan fingerprint density at radius 1 is 1.29 bits per heavy atom. The van der Waals surface area contributed by atoms with Crippen molar-refractivity contribution in [3.63, 3.8) is 0 Å². The van der Waals surface area contributed by atoms with Crippen molar-refractivity contribution in [3.8, 4) is 0 Å². The molecule has 2 atom stereocenters. The molecule has 2 unspecified atom stereocenters. The molecular weight excluding hydrogens is 170 g/mol. The predicted molar refractivity (Wildman–Crippen MR) is 60.5 cm³/mol. The Hall–Kier alpha value is -0.820. The van der Waals surface area contributed by atoms with Crippen molar-refractivity contribution in [2.45, 2.75) is 38.6 Å². The summed E-state index contributed by atoms with van der Waals surface area (Å²) < 4.78 is 0. The molecule has 0 radical (unpaired) electrons. The summed E-state index contributed by atoms with van der Waals surface area (Å²) in [4.78, 5) is 0. The van der Waals surface area contributed by atoms with Crippen molar-refractivity contribution in [1.29, 1.82) is 0 Å². The zero-order valence-electron chi connectivity index (χ0n) is 9.09. The van der Waals surface area contributed by atoms with Gasteiger partial charge in [-0.3, -0.25) is 0 Å². The largest absolute Gasteiger partial charge is 0.309 e. The van der Waals surface area contributed by atoms with Crippen molar-refractivity contribution in [2.75, 3.05) is 6.54 Å². The Labute approximate surface area is 86.5 Å². The van der Waals surface area contributed by atoms with Gasteiger partial charge in [-0.25, -0.2) is 0 Å². The first-order valence-corrected chi connectivity index (χ1v) is 5.65. The standard InChI is InChI=1S/C13H19N/c1-3-6-13-12-8-5-4-7-11(12)10(2)9-14-13/h4-5,7-8,10,13-14H,3,6,9H2,1-2H3. The third-order valence-corrected chi connectivity index (χ3v) is 3.15. The van der Waals surface area contributed by atoms with Gasteiger partial charge in [0.1, 0.15) is 0 Å². The lowest BCUT2D eigenvalue weighted by molar-refractivity contribution is 0.441. The molecule has 1 aromatic carbocycles. The fourth-order valence-electron chi connectivity index (χ4n) is 2.36. The highest BCUT2D eigenvalue weighted by Gasteiger charge is 2.22. The highest BCUT2D eigenvalue weighted by Crippen LogP contribution is 2.31. The Balaban J connectivity index is 2.31. The molecule has 0 aromatic heterocycles. The fraction of sp³-hybridized carbons (Fsp3) is 0.538. The van der Waals surface area contributed by atoms with Crippen LogP contribution < -0.4 is 5.32 Å². The molecule has 0 fully saturated rings. The summed E-state index contributed by atoms with van der Waals surface area (Å²) in [6, 6.07) is 9.46. The number of rotatable bonds is 2. The van der Waals surface area contributed by atoms with Crippen LogP contribution in [-0.4, -0.2) is 6.54 Å². The van der Waals surface area contributed by atoms with Crippen LogP contribution in [-0.2, 0) is 0 Å². The smallest absolute Gasteiger partial charge is 0.0323 e. The summed E-state index contributed by atoms with van der Waals surface area (Å²) in [7, 11) is 0. The van der Waals surface area contributed by atoms with Crippen LogP contribution in [0.3, 0.4) is 0 Å². The van der Waals surface area contributed by atoms with Crippen LogP contribution in [0.5, 0.6) is 0 Å². The van der Waals surface area contributed by atoms with Crippen molar-refractivity contribution in [3.05, 3.63) is 35.4 Å². The lowest BCUT2D eigenvalue weighted by Crippen LogP contribution is -2.31. The highest BCUT2D eigenvalue weighted by molar-refractivity contribution is 5.35. The molecule has 1 heterocycles. The number of hydrogen-bond donors (Lipinski definition) is 1. The Kier molecular flexibility index (Phi) is 2.87. The lowest BCUT2D eigenvalue weighted by Gasteiger charge is -2.30. The lowest BCUT2D eigenvalue weighted by atomic mass is 9.86. The van der Waals surface area contributed by atoms with Crippen LogP contribution in [0, 0.1) is 0 Å². The number of fused-ring (bicyclic) bond motifs is 1. The fourth-order valence-corrected chi connectivity index (χ4v) is 2.36. The number of hydrogen-bond acceptors (Lipinski definition) is 1. The van der Waals surface area contributed by atoms with Gasteiger partial charge in [-0.1, -0.05) is 44.5 Å². The van der Waals surface area contributed by atoms with E-state index in [1.165, 1.54) is 18.4 Å². The first-order chi connectivity index (χ1) is 6.83. The molecule has 1 aliphatic rings. The third-order valence-electron chi connectivity index (χ3n) is 3.15. The molecule has 0 bridgehead atoms. The summed E-state index contributed by atoms with van der Waals surface area (Å²) in [6.07, 6.45) is 2.50. The molecule has 1 heteroatoms. The summed E-state index contributed by atoms with van der Waals surface area (Å²) in [6.45, 7) is 5.68. The van der Waals surface area contributed by atoms with E-state index in [1.54, 1.807) is 5.56 Å². The molecule has 14 heavy (non-hydrogen) atoms. The molecule has 0 spiro atoms. The van der Waals surface area contributed by atoms with E-state index in [1.807, 2.05) is 0 Å². The number of benzene rings is 1. The van der Waals surface area contributed by atoms with E-state index in [9.17, 15) is 0 Å². The van der Waals surface area contributed by atoms with Crippen molar-refractivity contribution < 1.29 is 0 Å². The van der Waals surface area contributed by atoms with Gasteiger partial charge in [-0.05, 0) is 23.5 Å². The van der Waals surface area contributed by atoms with Crippen molar-refractivity contribution in [2.24, 2.45) is 0 Å². The van der Waals surface area contributed by atoms with E-state index in [4.69, 9.17) is 0 Å². The third kappa shape index (κ3) is 1.69. The highest BCUT2D eigenvalue weighted by atomic mass is 14.9. The first kappa shape index (κ1) is 9.72. The molecule has 0 aliphatic carbocycles. The van der Waals surface area contributed by atoms with Gasteiger partial charge >= 0.3 is 0 Å². The summed E-state index contributed by atoms with van der Waals surface area (Å²) >= 11 is 0. The molecular formula is C13H19N. The molecule has 0 saturated carbocycles. The van der Waals surface area contributed by atoms with E-state index in [2.05, 4.69) is 43.4 Å². The van der Waals surface area contributed by atoms with E-state index in [0.29, 0.717) is 12.0 Å². The van der Waals surface area contributed by atoms with Gasteiger partial charge < -0.3 is 5.32 Å². The zero-order valence-corrected chi connectivity index (χ0v) is 9.09. The van der Waals surface area contributed by atoms with E-state index >= 15 is 0 Å². The molecule has 76 valence electrons. The molecule has 0 saturated heterocycles. The molecule has 2 rings (SSSR count). The van der Waals surface area contributed by atoms with Gasteiger partial charge in [0.05, 0.1) is 0 Å². The van der Waals surface area contributed by atoms with Gasteiger partial charge in [-0.2, -0.15) is 0 Å². The molecule has 1 aromatic rings. The summed E-state index contributed by atoms with van der Waals surface area (Å²) in [5.41, 5.74) is 3.07. The van der Waals surface area contributed by atoms with Crippen LogP contribution >= 0.6 is 0 Å². The Morgan fingerprint density at radius 3 is 2.71 bits per heavy atom. The average Bonchev–Trinajstić information content (AvgIpc) is 2.23. The number of nitrogens with one attached hydrogen (secondary N) is 1. The molecule has 1 aliphatic heterocycles. The van der Waals surface area contributed by atoms with Crippen LogP contribution in [0.2, 0.25) is 0 Å². The maximum atomic E-state index is 3.63. The SMILES string of the molecule is CCCC1NCC(C)c2ccccc21. The Bertz CT molecular complexity index is 306. The molecule has 0 amide bonds. The molecule has 1 N–H and O–H groups in total. The first-order valence-electron chi connectivity index (χ1n) is 5.65. The van der Waals surface area contributed by atoms with E-state index in [0.717, 1.165) is 6.54 Å². The maximum absolute atomic E-state index is 3.63. The van der Waals surface area contributed by atoms with Gasteiger partial charge in [-0.15, -0.1) is 0 Å². The van der Waals surface area contributed by atoms with Gasteiger partial charge in [0, 0.05) is 12.6 Å². The molecule has 1 nitrogen and oxygen atoms in total. The topological polar surface area (TPSA) is 12.0 Å². The summed E-state index contributed by atoms with van der Waals surface area (Å²) in [5, 5.41) is 3.63. The van der Waals surface area contributed by atoms with Gasteiger partial charge in [0.2, 0.25) is 0 Å². The maximum Gasteiger partial charge on any atom is 0.0323 e. The van der Waals surface area contributed by atoms with Gasteiger partial charge in [0.25, 0.3) is 0 Å². The average molecular weight is 189 g/mol. The minimum atomic E-state index is 0.590. The van der Waals surface area contributed by atoms with Crippen LogP contribution in [0.25, 0.3) is 0 Å². The van der Waals surface area contributed by atoms with Crippen LogP contribution in [0.1, 0.15) is 49.8 Å². The van der Waals surface area contributed by atoms with Crippen LogP contribution in [0.4, 0.5) is 0 Å². The minimum absolute atomic E-state index is 0.590. The second-order valence-corrected chi connectivity index (χ2v) is 4.28. The summed E-state index contributed by atoms with van der Waals surface area (Å²) in [5.74, 6) is 0.666. The normalized spacial score (nSPS) is 25.9. The van der Waals surface area contributed by atoms with E-state index in [-0.39, 0.29) is 0 Å². The Morgan fingerprint density at radius 2 is 2.00 bits per heavy atom. The van der Waals surface area contributed by atoms with Gasteiger partial charge in [0.15, 0.2) is 0 Å². The van der Waals surface area contributed by atoms with Crippen molar-refractivity contribution >= 4 is 0 Å². The zero-order chi connectivity index (χ0) is 9.97.